The second-order valence-corrected chi connectivity index (χ2v) is 5.44. The molecule has 0 fully saturated rings. The maximum atomic E-state index is 11.8. The number of pyridine rings is 1. The molecule has 0 bridgehead atoms. The Kier molecular flexibility index (Phi) is 4.28. The van der Waals surface area contributed by atoms with Crippen LogP contribution in [0.25, 0.3) is 0 Å². The summed E-state index contributed by atoms with van der Waals surface area (Å²) in [5, 5.41) is 3.45. The van der Waals surface area contributed by atoms with Gasteiger partial charge in [-0.3, -0.25) is 9.59 Å². The van der Waals surface area contributed by atoms with Crippen molar-refractivity contribution in [3.05, 3.63) is 17.7 Å². The van der Waals surface area contributed by atoms with Crippen LogP contribution in [0, 0.1) is 5.41 Å². The van der Waals surface area contributed by atoms with Gasteiger partial charge in [0.2, 0.25) is 5.91 Å². The number of rotatable bonds is 3. The van der Waals surface area contributed by atoms with Crippen molar-refractivity contribution in [2.45, 2.75) is 25.8 Å². The van der Waals surface area contributed by atoms with Crippen LogP contribution in [0.2, 0.25) is 0 Å². The van der Waals surface area contributed by atoms with Gasteiger partial charge in [0.25, 0.3) is 0 Å². The largest absolute Gasteiger partial charge is 0.310 e. The van der Waals surface area contributed by atoms with Crippen molar-refractivity contribution in [2.75, 3.05) is 11.6 Å². The number of carbonyl (C=O) groups is 2. The number of nitrogens with zero attached hydrogens (tertiary/aromatic N) is 1. The smallest absolute Gasteiger partial charge is 0.230 e. The summed E-state index contributed by atoms with van der Waals surface area (Å²) in [6.07, 6.45) is 2.58. The number of hydrogen-bond acceptors (Lipinski definition) is 4. The van der Waals surface area contributed by atoms with Crippen LogP contribution in [0.4, 0.5) is 5.82 Å². The van der Waals surface area contributed by atoms with Crippen molar-refractivity contribution < 1.29 is 9.59 Å². The molecule has 1 aromatic heterocycles. The van der Waals surface area contributed by atoms with Crippen LogP contribution in [0.1, 0.15) is 31.1 Å². The van der Waals surface area contributed by atoms with Gasteiger partial charge in [-0.05, 0) is 18.4 Å². The Bertz CT molecular complexity index is 439. The van der Waals surface area contributed by atoms with Crippen LogP contribution in [-0.4, -0.2) is 23.4 Å². The zero-order valence-corrected chi connectivity index (χ0v) is 11.2. The summed E-state index contributed by atoms with van der Waals surface area (Å²) in [5.74, 6) is 0.165. The highest BCUT2D eigenvalue weighted by Crippen LogP contribution is 2.21. The monoisotopic (exact) mass is 252 g/mol. The SMILES string of the molecule is CSc1ccc(C=O)c(NC(=O)C(C)(C)C)n1. The Labute approximate surface area is 105 Å². The summed E-state index contributed by atoms with van der Waals surface area (Å²) in [7, 11) is 0. The third-order valence-corrected chi connectivity index (χ3v) is 2.80. The maximum absolute atomic E-state index is 11.8. The van der Waals surface area contributed by atoms with Crippen LogP contribution in [-0.2, 0) is 4.79 Å². The van der Waals surface area contributed by atoms with Crippen molar-refractivity contribution in [2.24, 2.45) is 5.41 Å². The van der Waals surface area contributed by atoms with Crippen molar-refractivity contribution in [1.29, 1.82) is 0 Å². The molecule has 1 rings (SSSR count). The number of aromatic nitrogens is 1. The molecule has 1 N–H and O–H groups in total. The number of nitrogens with one attached hydrogen (secondary N) is 1. The highest BCUT2D eigenvalue weighted by Gasteiger charge is 2.22. The van der Waals surface area contributed by atoms with Gasteiger partial charge in [-0.25, -0.2) is 4.98 Å². The van der Waals surface area contributed by atoms with Gasteiger partial charge in [-0.1, -0.05) is 20.8 Å². The average Bonchev–Trinajstić information content (AvgIpc) is 2.27. The van der Waals surface area contributed by atoms with Crippen LogP contribution in [0.15, 0.2) is 17.2 Å². The number of hydrogen-bond donors (Lipinski definition) is 1. The fourth-order valence-electron chi connectivity index (χ4n) is 1.06. The molecule has 0 aliphatic carbocycles. The quantitative estimate of drug-likeness (QED) is 0.663. The maximum Gasteiger partial charge on any atom is 0.230 e. The van der Waals surface area contributed by atoms with Gasteiger partial charge in [0.05, 0.1) is 10.6 Å². The van der Waals surface area contributed by atoms with E-state index >= 15 is 0 Å². The second kappa shape index (κ2) is 5.31. The molecule has 0 spiro atoms. The van der Waals surface area contributed by atoms with Gasteiger partial charge in [0.15, 0.2) is 6.29 Å². The second-order valence-electron chi connectivity index (χ2n) is 4.61. The number of aldehydes is 1. The first-order valence-corrected chi connectivity index (χ1v) is 6.42. The first-order valence-electron chi connectivity index (χ1n) is 5.20. The number of anilines is 1. The fourth-order valence-corrected chi connectivity index (χ4v) is 1.44. The zero-order valence-electron chi connectivity index (χ0n) is 10.4. The van der Waals surface area contributed by atoms with E-state index in [0.29, 0.717) is 17.7 Å². The fraction of sp³-hybridized carbons (Fsp3) is 0.417. The minimum Gasteiger partial charge on any atom is -0.310 e. The van der Waals surface area contributed by atoms with Gasteiger partial charge in [0.1, 0.15) is 5.82 Å². The zero-order chi connectivity index (χ0) is 13.1. The minimum atomic E-state index is -0.517. The van der Waals surface area contributed by atoms with Gasteiger partial charge in [-0.2, -0.15) is 0 Å². The third-order valence-electron chi connectivity index (χ3n) is 2.15. The van der Waals surface area contributed by atoms with Crippen LogP contribution in [0.5, 0.6) is 0 Å². The molecule has 0 unspecified atom stereocenters. The molecule has 1 heterocycles. The lowest BCUT2D eigenvalue weighted by molar-refractivity contribution is -0.123. The lowest BCUT2D eigenvalue weighted by Gasteiger charge is -2.18. The average molecular weight is 252 g/mol. The normalized spacial score (nSPS) is 11.1. The molecular weight excluding hydrogens is 236 g/mol. The predicted octanol–water partition coefficient (Wildman–Crippen LogP) is 2.60. The van der Waals surface area contributed by atoms with E-state index in [1.54, 1.807) is 32.9 Å². The molecule has 1 amide bonds. The Hall–Kier alpha value is -1.36. The highest BCUT2D eigenvalue weighted by atomic mass is 32.2. The van der Waals surface area contributed by atoms with E-state index in [9.17, 15) is 9.59 Å². The molecule has 0 radical (unpaired) electrons. The van der Waals surface area contributed by atoms with Crippen LogP contribution >= 0.6 is 11.8 Å². The molecule has 92 valence electrons. The standard InChI is InChI=1S/C12H16N2O2S/c1-12(2,3)11(16)14-10-8(7-15)5-6-9(13-10)17-4/h5-7H,1-4H3,(H,13,14,16). The molecule has 0 aliphatic heterocycles. The number of carbonyl (C=O) groups excluding carboxylic acids is 2. The van der Waals surface area contributed by atoms with E-state index in [-0.39, 0.29) is 5.91 Å². The lowest BCUT2D eigenvalue weighted by atomic mass is 9.96. The molecule has 0 aromatic carbocycles. The van der Waals surface area contributed by atoms with E-state index in [1.807, 2.05) is 6.26 Å². The first kappa shape index (κ1) is 13.7. The molecule has 1 aromatic rings. The summed E-state index contributed by atoms with van der Waals surface area (Å²) in [6.45, 7) is 5.42. The third kappa shape index (κ3) is 3.56. The molecule has 5 heteroatoms. The summed E-state index contributed by atoms with van der Waals surface area (Å²) in [5.41, 5.74) is -0.127. The van der Waals surface area contributed by atoms with E-state index < -0.39 is 5.41 Å². The Morgan fingerprint density at radius 3 is 2.53 bits per heavy atom. The first-order chi connectivity index (χ1) is 7.88. The molecule has 0 saturated heterocycles. The van der Waals surface area contributed by atoms with Crippen molar-refractivity contribution in [3.63, 3.8) is 0 Å². The number of thioether (sulfide) groups is 1. The Morgan fingerprint density at radius 1 is 1.41 bits per heavy atom. The van der Waals surface area contributed by atoms with E-state index in [0.717, 1.165) is 5.03 Å². The van der Waals surface area contributed by atoms with E-state index in [2.05, 4.69) is 10.3 Å². The summed E-state index contributed by atoms with van der Waals surface area (Å²) in [6, 6.07) is 3.41. The molecule has 4 nitrogen and oxygen atoms in total. The van der Waals surface area contributed by atoms with Crippen molar-refractivity contribution in [1.82, 2.24) is 4.98 Å². The molecule has 0 atom stereocenters. The van der Waals surface area contributed by atoms with Crippen molar-refractivity contribution >= 4 is 29.8 Å². The molecule has 0 saturated carbocycles. The molecule has 0 aliphatic rings. The minimum absolute atomic E-state index is 0.161. The van der Waals surface area contributed by atoms with Gasteiger partial charge < -0.3 is 5.32 Å². The van der Waals surface area contributed by atoms with Crippen LogP contribution < -0.4 is 5.32 Å². The highest BCUT2D eigenvalue weighted by molar-refractivity contribution is 7.98. The summed E-state index contributed by atoms with van der Waals surface area (Å²) >= 11 is 1.46. The Morgan fingerprint density at radius 2 is 2.06 bits per heavy atom. The summed E-state index contributed by atoms with van der Waals surface area (Å²) in [4.78, 5) is 26.9. The molecular formula is C12H16N2O2S. The van der Waals surface area contributed by atoms with E-state index in [4.69, 9.17) is 0 Å². The Balaban J connectivity index is 3.03. The van der Waals surface area contributed by atoms with Crippen LogP contribution in [0.3, 0.4) is 0 Å². The predicted molar refractivity (Wildman–Crippen MR) is 69.5 cm³/mol. The topological polar surface area (TPSA) is 59.1 Å². The van der Waals surface area contributed by atoms with Gasteiger partial charge in [-0.15, -0.1) is 11.8 Å². The van der Waals surface area contributed by atoms with Crippen molar-refractivity contribution in [3.8, 4) is 0 Å². The molecule has 17 heavy (non-hydrogen) atoms. The van der Waals surface area contributed by atoms with E-state index in [1.165, 1.54) is 11.8 Å². The number of amides is 1. The van der Waals surface area contributed by atoms with Gasteiger partial charge >= 0.3 is 0 Å². The van der Waals surface area contributed by atoms with Gasteiger partial charge in [0, 0.05) is 5.41 Å². The summed E-state index contributed by atoms with van der Waals surface area (Å²) < 4.78 is 0. The lowest BCUT2D eigenvalue weighted by Crippen LogP contribution is -2.28.